The highest BCUT2D eigenvalue weighted by molar-refractivity contribution is 5.93. The van der Waals surface area contributed by atoms with Gasteiger partial charge in [-0.05, 0) is 38.0 Å². The Morgan fingerprint density at radius 2 is 2.11 bits per heavy atom. The van der Waals surface area contributed by atoms with Crippen LogP contribution in [0.1, 0.15) is 46.7 Å². The zero-order valence-electron chi connectivity index (χ0n) is 15.3. The highest BCUT2D eigenvalue weighted by Crippen LogP contribution is 2.26. The summed E-state index contributed by atoms with van der Waals surface area (Å²) in [7, 11) is 0. The molecule has 1 saturated carbocycles. The summed E-state index contributed by atoms with van der Waals surface area (Å²) in [5.41, 5.74) is 2.82. The maximum atomic E-state index is 12.0. The molecule has 3 heterocycles. The summed E-state index contributed by atoms with van der Waals surface area (Å²) in [6.45, 7) is 4.12. The van der Waals surface area contributed by atoms with E-state index in [4.69, 9.17) is 0 Å². The average molecular weight is 369 g/mol. The summed E-state index contributed by atoms with van der Waals surface area (Å²) in [5, 5.41) is 17.0. The number of aromatic nitrogens is 3. The molecule has 2 N–H and O–H groups in total. The molecule has 1 aliphatic heterocycles. The zero-order valence-corrected chi connectivity index (χ0v) is 15.3. The van der Waals surface area contributed by atoms with Crippen molar-refractivity contribution in [1.82, 2.24) is 20.1 Å². The van der Waals surface area contributed by atoms with Crippen molar-refractivity contribution in [2.24, 2.45) is 5.92 Å². The van der Waals surface area contributed by atoms with Gasteiger partial charge in [0.25, 0.3) is 0 Å². The molecule has 2 aromatic rings. The molecule has 2 aliphatic rings. The predicted molar refractivity (Wildman–Crippen MR) is 98.4 cm³/mol. The van der Waals surface area contributed by atoms with E-state index in [0.29, 0.717) is 32.0 Å². The van der Waals surface area contributed by atoms with Gasteiger partial charge in [-0.2, -0.15) is 5.10 Å². The van der Waals surface area contributed by atoms with Crippen LogP contribution in [0.5, 0.6) is 0 Å². The summed E-state index contributed by atoms with van der Waals surface area (Å²) in [6.07, 6.45) is 3.10. The van der Waals surface area contributed by atoms with Crippen LogP contribution in [0.15, 0.2) is 18.2 Å². The molecule has 8 heteroatoms. The highest BCUT2D eigenvalue weighted by Gasteiger charge is 2.26. The van der Waals surface area contributed by atoms with E-state index in [2.05, 4.69) is 15.4 Å². The quantitative estimate of drug-likeness (QED) is 0.832. The number of hydrogen-bond donors (Lipinski definition) is 2. The van der Waals surface area contributed by atoms with E-state index in [1.807, 2.05) is 22.6 Å². The smallest absolute Gasteiger partial charge is 0.339 e. The number of carbonyl (C=O) groups excluding carboxylic acids is 1. The third-order valence-electron chi connectivity index (χ3n) is 5.31. The Hall–Kier alpha value is -2.90. The Morgan fingerprint density at radius 1 is 1.30 bits per heavy atom. The molecule has 0 spiro atoms. The van der Waals surface area contributed by atoms with Crippen molar-refractivity contribution in [2.45, 2.75) is 45.8 Å². The van der Waals surface area contributed by atoms with Gasteiger partial charge in [0, 0.05) is 18.2 Å². The monoisotopic (exact) mass is 369 g/mol. The van der Waals surface area contributed by atoms with Crippen LogP contribution in [0.25, 0.3) is 0 Å². The zero-order chi connectivity index (χ0) is 19.0. The second kappa shape index (κ2) is 7.02. The fraction of sp³-hybridized carbons (Fsp3) is 0.474. The van der Waals surface area contributed by atoms with Gasteiger partial charge in [0.2, 0.25) is 5.91 Å². The van der Waals surface area contributed by atoms with E-state index in [9.17, 15) is 14.7 Å². The Bertz CT molecular complexity index is 887. The second-order valence-corrected chi connectivity index (χ2v) is 7.25. The molecule has 2 aromatic heterocycles. The standard InChI is InChI=1S/C19H23N5O3/c1-12-5-6-16(19(26)27)17(21-12)23-7-8-24-15(11-23)9-14(22-24)10-20-18(25)13-3-2-4-13/h5-6,9,13H,2-4,7-8,10-11H2,1H3,(H,20,25)(H,26,27). The number of aromatic carboxylic acids is 1. The molecule has 142 valence electrons. The minimum absolute atomic E-state index is 0.115. The first-order valence-electron chi connectivity index (χ1n) is 9.30. The van der Waals surface area contributed by atoms with Crippen LogP contribution in [0.3, 0.4) is 0 Å². The van der Waals surface area contributed by atoms with Crippen LogP contribution in [0.2, 0.25) is 0 Å². The lowest BCUT2D eigenvalue weighted by Gasteiger charge is -2.29. The number of carboxylic acid groups (broad SMARTS) is 1. The van der Waals surface area contributed by atoms with Crippen LogP contribution in [0.4, 0.5) is 5.82 Å². The first-order valence-corrected chi connectivity index (χ1v) is 9.30. The van der Waals surface area contributed by atoms with Crippen LogP contribution in [0, 0.1) is 12.8 Å². The average Bonchev–Trinajstić information content (AvgIpc) is 3.00. The first-order chi connectivity index (χ1) is 13.0. The van der Waals surface area contributed by atoms with Gasteiger partial charge >= 0.3 is 5.97 Å². The fourth-order valence-corrected chi connectivity index (χ4v) is 3.54. The lowest BCUT2D eigenvalue weighted by atomic mass is 9.85. The number of carboxylic acids is 1. The molecule has 4 rings (SSSR count). The van der Waals surface area contributed by atoms with E-state index in [0.717, 1.165) is 36.3 Å². The summed E-state index contributed by atoms with van der Waals surface area (Å²) < 4.78 is 1.93. The Kier molecular flexibility index (Phi) is 4.55. The number of carbonyl (C=O) groups is 2. The molecule has 0 bridgehead atoms. The number of pyridine rings is 1. The summed E-state index contributed by atoms with van der Waals surface area (Å²) in [6, 6.07) is 5.29. The molecule has 1 aliphatic carbocycles. The van der Waals surface area contributed by atoms with Gasteiger partial charge in [0.15, 0.2) is 0 Å². The maximum Gasteiger partial charge on any atom is 0.339 e. The molecule has 0 radical (unpaired) electrons. The maximum absolute atomic E-state index is 12.0. The van der Waals surface area contributed by atoms with Gasteiger partial charge in [-0.25, -0.2) is 9.78 Å². The topological polar surface area (TPSA) is 100 Å². The summed E-state index contributed by atoms with van der Waals surface area (Å²) in [4.78, 5) is 30.0. The van der Waals surface area contributed by atoms with Crippen LogP contribution < -0.4 is 10.2 Å². The molecule has 0 saturated heterocycles. The van der Waals surface area contributed by atoms with Gasteiger partial charge in [0.05, 0.1) is 31.0 Å². The van der Waals surface area contributed by atoms with Crippen LogP contribution in [-0.2, 0) is 24.4 Å². The van der Waals surface area contributed by atoms with E-state index < -0.39 is 5.97 Å². The van der Waals surface area contributed by atoms with E-state index >= 15 is 0 Å². The van der Waals surface area contributed by atoms with Gasteiger partial charge < -0.3 is 15.3 Å². The number of aryl methyl sites for hydroxylation is 1. The van der Waals surface area contributed by atoms with Crippen molar-refractivity contribution in [3.63, 3.8) is 0 Å². The Morgan fingerprint density at radius 3 is 2.81 bits per heavy atom. The lowest BCUT2D eigenvalue weighted by Crippen LogP contribution is -2.35. The molecule has 8 nitrogen and oxygen atoms in total. The first kappa shape index (κ1) is 17.5. The normalized spacial score (nSPS) is 16.6. The number of amides is 1. The highest BCUT2D eigenvalue weighted by atomic mass is 16.4. The van der Waals surface area contributed by atoms with Crippen molar-refractivity contribution in [3.05, 3.63) is 40.8 Å². The summed E-state index contributed by atoms with van der Waals surface area (Å²) in [5.74, 6) is -0.200. The van der Waals surface area contributed by atoms with Crippen molar-refractivity contribution < 1.29 is 14.7 Å². The third kappa shape index (κ3) is 3.51. The van der Waals surface area contributed by atoms with Crippen LogP contribution >= 0.6 is 0 Å². The van der Waals surface area contributed by atoms with Gasteiger partial charge in [-0.15, -0.1) is 0 Å². The minimum Gasteiger partial charge on any atom is -0.478 e. The Balaban J connectivity index is 1.47. The molecule has 0 unspecified atom stereocenters. The van der Waals surface area contributed by atoms with Gasteiger partial charge in [-0.3, -0.25) is 9.48 Å². The number of fused-ring (bicyclic) bond motifs is 1. The van der Waals surface area contributed by atoms with Crippen molar-refractivity contribution in [1.29, 1.82) is 0 Å². The van der Waals surface area contributed by atoms with Gasteiger partial charge in [0.1, 0.15) is 11.4 Å². The molecule has 0 aromatic carbocycles. The third-order valence-corrected chi connectivity index (χ3v) is 5.31. The fourth-order valence-electron chi connectivity index (χ4n) is 3.54. The number of hydrogen-bond acceptors (Lipinski definition) is 5. The van der Waals surface area contributed by atoms with Crippen molar-refractivity contribution in [3.8, 4) is 0 Å². The number of nitrogens with zero attached hydrogens (tertiary/aromatic N) is 4. The van der Waals surface area contributed by atoms with Crippen molar-refractivity contribution >= 4 is 17.7 Å². The Labute approximate surface area is 157 Å². The van der Waals surface area contributed by atoms with Crippen molar-refractivity contribution in [2.75, 3.05) is 11.4 Å². The number of anilines is 1. The second-order valence-electron chi connectivity index (χ2n) is 7.25. The minimum atomic E-state index is -0.976. The molecular formula is C19H23N5O3. The molecule has 1 amide bonds. The van der Waals surface area contributed by atoms with E-state index in [1.54, 1.807) is 12.1 Å². The predicted octanol–water partition coefficient (Wildman–Crippen LogP) is 1.72. The molecular weight excluding hydrogens is 346 g/mol. The molecule has 27 heavy (non-hydrogen) atoms. The van der Waals surface area contributed by atoms with Gasteiger partial charge in [-0.1, -0.05) is 6.42 Å². The largest absolute Gasteiger partial charge is 0.478 e. The number of rotatable bonds is 5. The lowest BCUT2D eigenvalue weighted by molar-refractivity contribution is -0.127. The number of nitrogens with one attached hydrogen (secondary N) is 1. The van der Waals surface area contributed by atoms with E-state index in [-0.39, 0.29) is 17.4 Å². The molecule has 0 atom stereocenters. The SMILES string of the molecule is Cc1ccc(C(=O)O)c(N2CCn3nc(CNC(=O)C4CCC4)cc3C2)n1. The van der Waals surface area contributed by atoms with E-state index in [1.165, 1.54) is 0 Å². The van der Waals surface area contributed by atoms with Crippen LogP contribution in [-0.4, -0.2) is 38.3 Å². The molecule has 1 fully saturated rings. The summed E-state index contributed by atoms with van der Waals surface area (Å²) >= 11 is 0.